The Morgan fingerprint density at radius 1 is 1.07 bits per heavy atom. The van der Waals surface area contributed by atoms with E-state index in [9.17, 15) is 8.42 Å². The standard InChI is InChI=1S/C10H17NO3S/c12-15(13,8-4-1-2-5-8)11-9-6-3-7-14-10(9)11/h8-10H,1-7H2/t9-,10+,11?/m1/s1. The number of nitrogens with zero attached hydrogens (tertiary/aromatic N) is 1. The molecular formula is C10H17NO3S. The zero-order valence-corrected chi connectivity index (χ0v) is 9.58. The molecule has 0 N–H and O–H groups in total. The van der Waals surface area contributed by atoms with Gasteiger partial charge in [0.2, 0.25) is 10.0 Å². The summed E-state index contributed by atoms with van der Waals surface area (Å²) in [5.74, 6) is 0. The molecule has 0 aromatic carbocycles. The summed E-state index contributed by atoms with van der Waals surface area (Å²) in [4.78, 5) is 0. The van der Waals surface area contributed by atoms with Crippen LogP contribution in [0.3, 0.4) is 0 Å². The molecule has 15 heavy (non-hydrogen) atoms. The maximum Gasteiger partial charge on any atom is 0.219 e. The van der Waals surface area contributed by atoms with Crippen molar-refractivity contribution in [2.24, 2.45) is 0 Å². The van der Waals surface area contributed by atoms with E-state index >= 15 is 0 Å². The Balaban J connectivity index is 1.76. The third-order valence-electron chi connectivity index (χ3n) is 3.77. The van der Waals surface area contributed by atoms with Gasteiger partial charge in [-0.05, 0) is 25.7 Å². The fourth-order valence-electron chi connectivity index (χ4n) is 2.88. The highest BCUT2D eigenvalue weighted by Crippen LogP contribution is 2.43. The Labute approximate surface area is 90.6 Å². The summed E-state index contributed by atoms with van der Waals surface area (Å²) < 4.78 is 31.5. The van der Waals surface area contributed by atoms with Gasteiger partial charge in [0, 0.05) is 6.61 Å². The SMILES string of the molecule is O=S(=O)(C1CCCC1)N1[C@@H]2CCCO[C@@H]21. The summed E-state index contributed by atoms with van der Waals surface area (Å²) >= 11 is 0. The number of fused-ring (bicyclic) bond motifs is 1. The van der Waals surface area contributed by atoms with Crippen molar-refractivity contribution in [3.8, 4) is 0 Å². The molecule has 2 heterocycles. The van der Waals surface area contributed by atoms with E-state index in [1.165, 1.54) is 0 Å². The Morgan fingerprint density at radius 2 is 1.80 bits per heavy atom. The first-order chi connectivity index (χ1) is 7.21. The predicted molar refractivity (Wildman–Crippen MR) is 55.8 cm³/mol. The first-order valence-electron chi connectivity index (χ1n) is 5.85. The van der Waals surface area contributed by atoms with E-state index in [0.29, 0.717) is 0 Å². The maximum atomic E-state index is 12.2. The Hall–Kier alpha value is -0.130. The minimum absolute atomic E-state index is 0.107. The maximum absolute atomic E-state index is 12.2. The lowest BCUT2D eigenvalue weighted by molar-refractivity contribution is 0.0786. The van der Waals surface area contributed by atoms with Crippen LogP contribution in [-0.4, -0.2) is 36.8 Å². The molecule has 3 atom stereocenters. The number of ether oxygens (including phenoxy) is 1. The highest BCUT2D eigenvalue weighted by Gasteiger charge is 2.58. The van der Waals surface area contributed by atoms with Crippen LogP contribution in [0.15, 0.2) is 0 Å². The van der Waals surface area contributed by atoms with Crippen molar-refractivity contribution in [1.29, 1.82) is 0 Å². The highest BCUT2D eigenvalue weighted by molar-refractivity contribution is 7.90. The number of sulfonamides is 1. The van der Waals surface area contributed by atoms with E-state index in [2.05, 4.69) is 0 Å². The van der Waals surface area contributed by atoms with E-state index < -0.39 is 10.0 Å². The third kappa shape index (κ3) is 1.52. The number of hydrogen-bond donors (Lipinski definition) is 0. The van der Waals surface area contributed by atoms with E-state index in [-0.39, 0.29) is 17.5 Å². The van der Waals surface area contributed by atoms with Gasteiger partial charge >= 0.3 is 0 Å². The van der Waals surface area contributed by atoms with E-state index in [1.54, 1.807) is 4.31 Å². The first-order valence-corrected chi connectivity index (χ1v) is 7.35. The Kier molecular flexibility index (Phi) is 2.30. The van der Waals surface area contributed by atoms with Crippen LogP contribution in [0.5, 0.6) is 0 Å². The van der Waals surface area contributed by atoms with Crippen molar-refractivity contribution in [1.82, 2.24) is 4.31 Å². The van der Waals surface area contributed by atoms with Crippen LogP contribution in [0.25, 0.3) is 0 Å². The fraction of sp³-hybridized carbons (Fsp3) is 1.00. The van der Waals surface area contributed by atoms with Gasteiger partial charge in [-0.3, -0.25) is 0 Å². The molecule has 0 amide bonds. The lowest BCUT2D eigenvalue weighted by atomic mass is 10.2. The van der Waals surface area contributed by atoms with Crippen LogP contribution >= 0.6 is 0 Å². The van der Waals surface area contributed by atoms with Gasteiger partial charge in [-0.25, -0.2) is 8.42 Å². The molecule has 0 bridgehead atoms. The van der Waals surface area contributed by atoms with Crippen LogP contribution < -0.4 is 0 Å². The summed E-state index contributed by atoms with van der Waals surface area (Å²) in [6, 6.07) is 0.171. The molecule has 2 aliphatic heterocycles. The van der Waals surface area contributed by atoms with E-state index in [0.717, 1.165) is 45.1 Å². The molecule has 0 aromatic heterocycles. The van der Waals surface area contributed by atoms with Gasteiger partial charge in [0.1, 0.15) is 6.23 Å². The average Bonchev–Trinajstić information content (AvgIpc) is 2.71. The second-order valence-corrected chi connectivity index (χ2v) is 6.87. The molecule has 0 radical (unpaired) electrons. The fourth-order valence-corrected chi connectivity index (χ4v) is 5.17. The van der Waals surface area contributed by atoms with Gasteiger partial charge in [0.05, 0.1) is 11.3 Å². The summed E-state index contributed by atoms with van der Waals surface area (Å²) in [7, 11) is -3.04. The minimum atomic E-state index is -3.04. The van der Waals surface area contributed by atoms with Crippen molar-refractivity contribution in [2.75, 3.05) is 6.61 Å². The van der Waals surface area contributed by atoms with Crippen molar-refractivity contribution in [3.63, 3.8) is 0 Å². The quantitative estimate of drug-likeness (QED) is 0.668. The predicted octanol–water partition coefficient (Wildman–Crippen LogP) is 1.08. The van der Waals surface area contributed by atoms with Crippen LogP contribution in [0.2, 0.25) is 0 Å². The molecule has 3 rings (SSSR count). The second kappa shape index (κ2) is 3.43. The van der Waals surface area contributed by atoms with E-state index in [1.807, 2.05) is 0 Å². The van der Waals surface area contributed by atoms with Crippen LogP contribution in [-0.2, 0) is 14.8 Å². The molecule has 0 aromatic rings. The van der Waals surface area contributed by atoms with Gasteiger partial charge in [-0.1, -0.05) is 12.8 Å². The molecule has 4 nitrogen and oxygen atoms in total. The summed E-state index contributed by atoms with van der Waals surface area (Å²) in [6.45, 7) is 0.720. The topological polar surface area (TPSA) is 46.4 Å². The molecular weight excluding hydrogens is 214 g/mol. The van der Waals surface area contributed by atoms with Gasteiger partial charge < -0.3 is 4.74 Å². The molecule has 3 fully saturated rings. The van der Waals surface area contributed by atoms with Crippen molar-refractivity contribution >= 4 is 10.0 Å². The van der Waals surface area contributed by atoms with Crippen molar-refractivity contribution in [2.45, 2.75) is 56.0 Å². The average molecular weight is 231 g/mol. The molecule has 86 valence electrons. The Bertz CT molecular complexity index is 336. The summed E-state index contributed by atoms with van der Waals surface area (Å²) in [6.07, 6.45) is 5.69. The summed E-state index contributed by atoms with van der Waals surface area (Å²) in [5, 5.41) is -0.119. The molecule has 3 aliphatic rings. The van der Waals surface area contributed by atoms with Gasteiger partial charge in [-0.15, -0.1) is 0 Å². The normalized spacial score (nSPS) is 41.5. The summed E-state index contributed by atoms with van der Waals surface area (Å²) in [5.41, 5.74) is 0. The number of rotatable bonds is 2. The monoisotopic (exact) mass is 231 g/mol. The second-order valence-electron chi connectivity index (χ2n) is 4.75. The smallest absolute Gasteiger partial charge is 0.219 e. The molecule has 0 spiro atoms. The zero-order chi connectivity index (χ0) is 10.5. The molecule has 2 saturated heterocycles. The number of hydrogen-bond acceptors (Lipinski definition) is 3. The minimum Gasteiger partial charge on any atom is -0.360 e. The molecule has 1 unspecified atom stereocenters. The molecule has 5 heteroatoms. The van der Waals surface area contributed by atoms with Crippen molar-refractivity contribution in [3.05, 3.63) is 0 Å². The van der Waals surface area contributed by atoms with Gasteiger partial charge in [-0.2, -0.15) is 4.31 Å². The Morgan fingerprint density at radius 3 is 2.40 bits per heavy atom. The van der Waals surface area contributed by atoms with E-state index in [4.69, 9.17) is 4.74 Å². The van der Waals surface area contributed by atoms with Crippen LogP contribution in [0.4, 0.5) is 0 Å². The largest absolute Gasteiger partial charge is 0.360 e. The molecule has 1 saturated carbocycles. The highest BCUT2D eigenvalue weighted by atomic mass is 32.2. The third-order valence-corrected chi connectivity index (χ3v) is 6.15. The lowest BCUT2D eigenvalue weighted by Crippen LogP contribution is -2.27. The lowest BCUT2D eigenvalue weighted by Gasteiger charge is -2.11. The van der Waals surface area contributed by atoms with Gasteiger partial charge in [0.15, 0.2) is 0 Å². The van der Waals surface area contributed by atoms with Gasteiger partial charge in [0.25, 0.3) is 0 Å². The first kappa shape index (κ1) is 10.1. The molecule has 1 aliphatic carbocycles. The van der Waals surface area contributed by atoms with Crippen LogP contribution in [0, 0.1) is 0 Å². The zero-order valence-electron chi connectivity index (χ0n) is 8.76. The van der Waals surface area contributed by atoms with Crippen molar-refractivity contribution < 1.29 is 13.2 Å². The van der Waals surface area contributed by atoms with Crippen LogP contribution in [0.1, 0.15) is 38.5 Å².